The number of ether oxygens (including phenoxy) is 1. The quantitative estimate of drug-likeness (QED) is 0.0874. The third-order valence-corrected chi connectivity index (χ3v) is 29.5. The lowest BCUT2D eigenvalue weighted by Gasteiger charge is -2.78. The molecule has 0 aromatic heterocycles. The van der Waals surface area contributed by atoms with Gasteiger partial charge < -0.3 is 35.8 Å². The Balaban J connectivity index is 0.916. The van der Waals surface area contributed by atoms with Crippen molar-refractivity contribution >= 4 is 23.2 Å². The zero-order valence-corrected chi connectivity index (χ0v) is 57.2. The number of hydrogen-bond acceptors (Lipinski definition) is 7. The van der Waals surface area contributed by atoms with Crippen molar-refractivity contribution in [1.82, 2.24) is 10.6 Å². The predicted molar refractivity (Wildman–Crippen MR) is 377 cm³/mol. The number of benzene rings is 3. The van der Waals surface area contributed by atoms with Crippen molar-refractivity contribution in [1.29, 1.82) is 0 Å². The molecule has 0 saturated heterocycles. The Kier molecular flexibility index (Phi) is 16.2. The molecule has 5 saturated carbocycles. The van der Waals surface area contributed by atoms with Crippen LogP contribution in [-0.2, 0) is 35.2 Å². The highest BCUT2D eigenvalue weighted by Crippen LogP contribution is 2.88. The summed E-state index contributed by atoms with van der Waals surface area (Å²) >= 11 is 0. The van der Waals surface area contributed by atoms with Gasteiger partial charge in [0.15, 0.2) is 0 Å². The topological polar surface area (TPSA) is 131 Å². The van der Waals surface area contributed by atoms with E-state index in [-0.39, 0.29) is 39.9 Å². The van der Waals surface area contributed by atoms with Crippen LogP contribution in [0.1, 0.15) is 184 Å². The summed E-state index contributed by atoms with van der Waals surface area (Å²) in [4.78, 5) is 15.0. The molecule has 20 rings (SSSR count). The average molecular weight is 1270 g/mol. The SMILES string of the molecule is COCCc1ccc(CC2CCC34CC2C=CC3CC2CC3=C5CC67C=CCC8(C)C(O)CCC3(C3C=c9c(CCC(C)C)cccc9=C(Cc9cccc(c9)C9=CC=C(NCCCC(C%10CCCCC%10)C(=CO)CCC(C(=O)O)C%10C(O)CC54C2%10C)NC9)C3=C6)C78)cc1. The van der Waals surface area contributed by atoms with Crippen molar-refractivity contribution in [3.63, 3.8) is 0 Å². The van der Waals surface area contributed by atoms with Gasteiger partial charge in [0.2, 0.25) is 0 Å². The van der Waals surface area contributed by atoms with Crippen molar-refractivity contribution in [3.05, 3.63) is 182 Å². The molecule has 17 aliphatic rings. The Bertz CT molecular complexity index is 3840. The van der Waals surface area contributed by atoms with Crippen LogP contribution >= 0.6 is 0 Å². The minimum Gasteiger partial charge on any atom is -0.516 e. The van der Waals surface area contributed by atoms with Crippen LogP contribution in [0, 0.1) is 97.6 Å². The molecule has 0 amide bonds. The fourth-order valence-corrected chi connectivity index (χ4v) is 25.7. The van der Waals surface area contributed by atoms with E-state index in [1.165, 1.54) is 80.5 Å². The number of aliphatic hydroxyl groups excluding tert-OH is 3. The van der Waals surface area contributed by atoms with Crippen molar-refractivity contribution in [2.45, 2.75) is 194 Å². The second-order valence-corrected chi connectivity index (χ2v) is 33.9. The Morgan fingerprint density at radius 2 is 1.69 bits per heavy atom. The maximum Gasteiger partial charge on any atom is 0.306 e. The molecule has 0 radical (unpaired) electrons. The lowest BCUT2D eigenvalue weighted by molar-refractivity contribution is -0.216. The maximum absolute atomic E-state index is 15.0. The van der Waals surface area contributed by atoms with E-state index in [1.54, 1.807) is 18.3 Å². The van der Waals surface area contributed by atoms with Gasteiger partial charge in [0.25, 0.3) is 0 Å². The number of methoxy groups -OCH3 is 1. The number of rotatable bonds is 10. The summed E-state index contributed by atoms with van der Waals surface area (Å²) < 4.78 is 5.47. The second kappa shape index (κ2) is 24.1. The largest absolute Gasteiger partial charge is 0.516 e. The summed E-state index contributed by atoms with van der Waals surface area (Å²) in [6.45, 7) is 12.1. The lowest BCUT2D eigenvalue weighted by Crippen LogP contribution is -2.72. The summed E-state index contributed by atoms with van der Waals surface area (Å²) in [7, 11) is 1.78. The molecule has 3 spiro atoms. The van der Waals surface area contributed by atoms with Crippen molar-refractivity contribution in [2.24, 2.45) is 97.6 Å². The third-order valence-electron chi connectivity index (χ3n) is 29.5. The van der Waals surface area contributed by atoms with Gasteiger partial charge in [-0.15, -0.1) is 0 Å². The van der Waals surface area contributed by atoms with Gasteiger partial charge in [-0.2, -0.15) is 0 Å². The first-order chi connectivity index (χ1) is 45.6. The number of aliphatic hydroxyl groups is 3. The number of aliphatic carboxylic acids is 1. The van der Waals surface area contributed by atoms with Crippen molar-refractivity contribution in [3.8, 4) is 0 Å². The summed E-state index contributed by atoms with van der Waals surface area (Å²) in [5, 5.41) is 61.2. The van der Waals surface area contributed by atoms with Gasteiger partial charge in [-0.1, -0.05) is 167 Å². The number of allylic oxidation sites excluding steroid dienone is 11. The molecule has 17 bridgehead atoms. The monoisotopic (exact) mass is 1260 g/mol. The summed E-state index contributed by atoms with van der Waals surface area (Å²) in [5.74, 6) is 1.73. The smallest absolute Gasteiger partial charge is 0.306 e. The minimum atomic E-state index is -0.809. The molecule has 17 atom stereocenters. The van der Waals surface area contributed by atoms with Gasteiger partial charge in [-0.05, 0) is 260 Å². The number of hydrogen-bond donors (Lipinski definition) is 6. The van der Waals surface area contributed by atoms with Crippen LogP contribution in [0.4, 0.5) is 0 Å². The molecular formula is C86H108N2O6. The van der Waals surface area contributed by atoms with Crippen LogP contribution in [-0.4, -0.2) is 65.4 Å². The standard InChI is InChI=1S/C86H108N2O6/c1-53(2)20-25-58-16-10-18-67-69(58)46-72-71-48-83-36-12-35-81(3)76(91)33-38-85(72,80(81)83)73-45-65-44-64-29-26-61-47-84(64,37-32-60(61)41-55-23-21-54(22-24-55)34-40-94-5)86(74(73)49-83)50-75(90)78(82(65,86)4)68(79(92)93)30-27-63(52-89)66(57-14-7-6-8-15-57)19-11-39-87-77-31-28-62(51-88-77)59-17-9-13-56(42-59)43-70(67)71/h9-10,12-13,16-18,21-24,26,28-29,31,36,42,46,48,52-53,57,60-61,64-66,68,72,75-76,78,80,87-91H,6-8,11,14-15,19-20,25,27,30,32-35,37-41,43-45,47,49-51H2,1-5H3,(H,92,93). The van der Waals surface area contributed by atoms with E-state index in [9.17, 15) is 25.2 Å². The number of fused-ring (bicyclic) bond motifs is 2. The van der Waals surface area contributed by atoms with Gasteiger partial charge in [-0.25, -0.2) is 0 Å². The first-order valence-electron chi connectivity index (χ1n) is 37.7. The third kappa shape index (κ3) is 9.57. The molecule has 94 heavy (non-hydrogen) atoms. The summed E-state index contributed by atoms with van der Waals surface area (Å²) in [5.41, 5.74) is 13.0. The zero-order valence-electron chi connectivity index (χ0n) is 57.2. The first-order valence-corrected chi connectivity index (χ1v) is 37.7. The van der Waals surface area contributed by atoms with E-state index in [4.69, 9.17) is 4.74 Å². The predicted octanol–water partition coefficient (Wildman–Crippen LogP) is 15.6. The van der Waals surface area contributed by atoms with Crippen LogP contribution < -0.4 is 21.1 Å². The van der Waals surface area contributed by atoms with E-state index in [2.05, 4.69) is 154 Å². The molecule has 8 nitrogen and oxygen atoms in total. The van der Waals surface area contributed by atoms with Crippen LogP contribution in [0.25, 0.3) is 17.2 Å². The van der Waals surface area contributed by atoms with Gasteiger partial charge in [0.05, 0.1) is 36.8 Å². The number of dihydropyridines is 1. The molecule has 11 aliphatic carbocycles. The molecule has 6 aliphatic heterocycles. The Morgan fingerprint density at radius 3 is 2.48 bits per heavy atom. The van der Waals surface area contributed by atoms with Gasteiger partial charge in [0, 0.05) is 53.7 Å². The summed E-state index contributed by atoms with van der Waals surface area (Å²) in [6.07, 6.45) is 43.6. The molecule has 8 heteroatoms. The van der Waals surface area contributed by atoms with Crippen LogP contribution in [0.15, 0.2) is 144 Å². The molecular weight excluding hydrogens is 1160 g/mol. The fraction of sp³-hybridized carbons (Fsp3) is 0.593. The Labute approximate surface area is 561 Å². The number of carbonyl (C=O) groups is 1. The number of nitrogens with one attached hydrogen (secondary N) is 2. The van der Waals surface area contributed by atoms with Gasteiger partial charge >= 0.3 is 5.97 Å². The molecule has 3 aromatic carbocycles. The summed E-state index contributed by atoms with van der Waals surface area (Å²) in [6, 6.07) is 26.0. The van der Waals surface area contributed by atoms with E-state index >= 15 is 0 Å². The van der Waals surface area contributed by atoms with Crippen LogP contribution in [0.2, 0.25) is 0 Å². The van der Waals surface area contributed by atoms with E-state index in [1.807, 2.05) is 0 Å². The van der Waals surface area contributed by atoms with Crippen molar-refractivity contribution < 1.29 is 30.0 Å². The van der Waals surface area contributed by atoms with Crippen LogP contribution in [0.5, 0.6) is 0 Å². The van der Waals surface area contributed by atoms with E-state index < -0.39 is 46.3 Å². The normalized spacial score (nSPS) is 39.8. The Hall–Kier alpha value is -5.67. The number of carboxylic acid groups (broad SMARTS) is 1. The molecule has 6 heterocycles. The lowest BCUT2D eigenvalue weighted by atomic mass is 9.26. The highest BCUT2D eigenvalue weighted by Gasteiger charge is 2.82. The van der Waals surface area contributed by atoms with Crippen LogP contribution in [0.3, 0.4) is 0 Å². The molecule has 17 unspecified atom stereocenters. The number of carboxylic acids is 1. The molecule has 6 N–H and O–H groups in total. The molecule has 498 valence electrons. The number of aryl methyl sites for hydroxylation is 1. The highest BCUT2D eigenvalue weighted by molar-refractivity contribution is 5.78. The highest BCUT2D eigenvalue weighted by atomic mass is 16.5. The maximum atomic E-state index is 15.0. The van der Waals surface area contributed by atoms with Crippen molar-refractivity contribution in [2.75, 3.05) is 26.8 Å². The van der Waals surface area contributed by atoms with Gasteiger partial charge in [-0.3, -0.25) is 4.79 Å². The zero-order chi connectivity index (χ0) is 64.5. The van der Waals surface area contributed by atoms with Gasteiger partial charge in [0.1, 0.15) is 0 Å². The molecule has 3 aromatic rings. The van der Waals surface area contributed by atoms with E-state index in [0.717, 1.165) is 147 Å². The molecule has 5 fully saturated rings. The Morgan fingerprint density at radius 1 is 0.862 bits per heavy atom. The van der Waals surface area contributed by atoms with E-state index in [0.29, 0.717) is 48.9 Å². The average Bonchev–Trinajstić information content (AvgIpc) is 1.14. The fourth-order valence-electron chi connectivity index (χ4n) is 25.7. The first kappa shape index (κ1) is 63.1. The minimum absolute atomic E-state index is 0.0695. The second-order valence-electron chi connectivity index (χ2n) is 33.9.